The first-order valence-electron chi connectivity index (χ1n) is 6.55. The van der Waals surface area contributed by atoms with Crippen LogP contribution in [0.15, 0.2) is 29.6 Å². The van der Waals surface area contributed by atoms with Crippen LogP contribution in [0, 0.1) is 18.8 Å². The summed E-state index contributed by atoms with van der Waals surface area (Å²) in [6, 6.07) is 8.27. The summed E-state index contributed by atoms with van der Waals surface area (Å²) >= 11 is 1.74. The standard InChI is InChI=1S/C16H19N3S/c1-13-5-3-7-15(18-13)10-19(2)11-16-9-14(12-20-16)6-4-8-17/h3,5,7,9,12H,8,10-11,17H2,1-2H3. The van der Waals surface area contributed by atoms with E-state index < -0.39 is 0 Å². The molecule has 2 heterocycles. The van der Waals surface area contributed by atoms with E-state index in [0.29, 0.717) is 6.54 Å². The van der Waals surface area contributed by atoms with Crippen molar-refractivity contribution >= 4 is 11.3 Å². The Morgan fingerprint density at radius 1 is 1.35 bits per heavy atom. The first-order chi connectivity index (χ1) is 9.67. The lowest BCUT2D eigenvalue weighted by molar-refractivity contribution is 0.318. The van der Waals surface area contributed by atoms with Gasteiger partial charge in [-0.2, -0.15) is 0 Å². The molecule has 2 aromatic rings. The Morgan fingerprint density at radius 3 is 2.95 bits per heavy atom. The monoisotopic (exact) mass is 285 g/mol. The zero-order chi connectivity index (χ0) is 14.4. The Morgan fingerprint density at radius 2 is 2.20 bits per heavy atom. The van der Waals surface area contributed by atoms with Crippen LogP contribution in [-0.2, 0) is 13.1 Å². The molecule has 0 aromatic carbocycles. The average Bonchev–Trinajstić information content (AvgIpc) is 2.83. The second-order valence-electron chi connectivity index (χ2n) is 4.75. The summed E-state index contributed by atoms with van der Waals surface area (Å²) in [6.07, 6.45) is 0. The van der Waals surface area contributed by atoms with E-state index in [-0.39, 0.29) is 0 Å². The largest absolute Gasteiger partial charge is 0.320 e. The number of thiophene rings is 1. The number of nitrogens with zero attached hydrogens (tertiary/aromatic N) is 2. The lowest BCUT2D eigenvalue weighted by atomic mass is 10.3. The molecule has 2 N–H and O–H groups in total. The number of rotatable bonds is 4. The van der Waals surface area contributed by atoms with Gasteiger partial charge in [-0.3, -0.25) is 9.88 Å². The van der Waals surface area contributed by atoms with Gasteiger partial charge in [0.1, 0.15) is 0 Å². The second-order valence-corrected chi connectivity index (χ2v) is 5.75. The number of nitrogens with two attached hydrogens (primary N) is 1. The summed E-state index contributed by atoms with van der Waals surface area (Å²) in [6.45, 7) is 4.18. The SMILES string of the molecule is Cc1cccc(CN(C)Cc2cc(C#CCN)cs2)n1. The van der Waals surface area contributed by atoms with Crippen LogP contribution < -0.4 is 5.73 Å². The first-order valence-corrected chi connectivity index (χ1v) is 7.43. The predicted molar refractivity (Wildman–Crippen MR) is 84.4 cm³/mol. The van der Waals surface area contributed by atoms with Crippen LogP contribution in [0.5, 0.6) is 0 Å². The van der Waals surface area contributed by atoms with Crippen molar-refractivity contribution in [2.24, 2.45) is 5.73 Å². The smallest absolute Gasteiger partial charge is 0.0555 e. The minimum Gasteiger partial charge on any atom is -0.320 e. The highest BCUT2D eigenvalue weighted by Crippen LogP contribution is 2.16. The quantitative estimate of drug-likeness (QED) is 0.877. The van der Waals surface area contributed by atoms with Crippen LogP contribution in [0.3, 0.4) is 0 Å². The van der Waals surface area contributed by atoms with E-state index in [4.69, 9.17) is 5.73 Å². The second kappa shape index (κ2) is 7.20. The molecule has 0 saturated carbocycles. The predicted octanol–water partition coefficient (Wildman–Crippen LogP) is 2.39. The van der Waals surface area contributed by atoms with Gasteiger partial charge in [0.2, 0.25) is 0 Å². The first kappa shape index (κ1) is 14.7. The van der Waals surface area contributed by atoms with E-state index in [1.54, 1.807) is 11.3 Å². The van der Waals surface area contributed by atoms with Crippen LogP contribution in [0.25, 0.3) is 0 Å². The molecule has 0 aliphatic heterocycles. The summed E-state index contributed by atoms with van der Waals surface area (Å²) in [7, 11) is 2.11. The maximum Gasteiger partial charge on any atom is 0.0555 e. The van der Waals surface area contributed by atoms with E-state index in [9.17, 15) is 0 Å². The molecule has 0 atom stereocenters. The van der Waals surface area contributed by atoms with Gasteiger partial charge in [0.15, 0.2) is 0 Å². The third-order valence-electron chi connectivity index (χ3n) is 2.79. The highest BCUT2D eigenvalue weighted by molar-refractivity contribution is 7.10. The fourth-order valence-corrected chi connectivity index (χ4v) is 2.86. The molecule has 0 unspecified atom stereocenters. The normalized spacial score (nSPS) is 10.4. The molecule has 0 aliphatic carbocycles. The van der Waals surface area contributed by atoms with Crippen LogP contribution in [-0.4, -0.2) is 23.5 Å². The topological polar surface area (TPSA) is 42.1 Å². The number of aryl methyl sites for hydroxylation is 1. The summed E-state index contributed by atoms with van der Waals surface area (Å²) < 4.78 is 0. The van der Waals surface area contributed by atoms with E-state index in [0.717, 1.165) is 30.0 Å². The molecule has 0 aliphatic rings. The minimum atomic E-state index is 0.407. The highest BCUT2D eigenvalue weighted by atomic mass is 32.1. The van der Waals surface area contributed by atoms with Crippen molar-refractivity contribution in [1.82, 2.24) is 9.88 Å². The molecule has 0 radical (unpaired) electrons. The molecule has 4 heteroatoms. The summed E-state index contributed by atoms with van der Waals surface area (Å²) in [5.41, 5.74) is 8.60. The third kappa shape index (κ3) is 4.46. The van der Waals surface area contributed by atoms with Crippen molar-refractivity contribution in [2.75, 3.05) is 13.6 Å². The molecule has 0 saturated heterocycles. The van der Waals surface area contributed by atoms with Gasteiger partial charge in [-0.15, -0.1) is 11.3 Å². The van der Waals surface area contributed by atoms with Crippen molar-refractivity contribution in [3.05, 3.63) is 51.5 Å². The van der Waals surface area contributed by atoms with Gasteiger partial charge < -0.3 is 5.73 Å². The lowest BCUT2D eigenvalue weighted by Gasteiger charge is -2.15. The van der Waals surface area contributed by atoms with E-state index >= 15 is 0 Å². The van der Waals surface area contributed by atoms with Gasteiger partial charge in [0.25, 0.3) is 0 Å². The maximum absolute atomic E-state index is 5.38. The fourth-order valence-electron chi connectivity index (χ4n) is 1.97. The van der Waals surface area contributed by atoms with Crippen molar-refractivity contribution in [3.8, 4) is 11.8 Å². The van der Waals surface area contributed by atoms with E-state index in [1.165, 1.54) is 4.88 Å². The molecule has 0 spiro atoms. The van der Waals surface area contributed by atoms with Gasteiger partial charge in [-0.25, -0.2) is 0 Å². The molecule has 2 aromatic heterocycles. The zero-order valence-corrected chi connectivity index (χ0v) is 12.7. The maximum atomic E-state index is 5.38. The van der Waals surface area contributed by atoms with E-state index in [2.05, 4.69) is 52.4 Å². The molecule has 104 valence electrons. The van der Waals surface area contributed by atoms with Crippen LogP contribution >= 0.6 is 11.3 Å². The van der Waals surface area contributed by atoms with Crippen LogP contribution in [0.1, 0.15) is 21.8 Å². The van der Waals surface area contributed by atoms with Crippen molar-refractivity contribution < 1.29 is 0 Å². The Hall–Kier alpha value is -1.67. The summed E-state index contributed by atoms with van der Waals surface area (Å²) in [4.78, 5) is 8.09. The van der Waals surface area contributed by atoms with Gasteiger partial charge in [0, 0.05) is 34.6 Å². The zero-order valence-electron chi connectivity index (χ0n) is 11.9. The molecule has 2 rings (SSSR count). The highest BCUT2D eigenvalue weighted by Gasteiger charge is 2.05. The molecule has 0 bridgehead atoms. The van der Waals surface area contributed by atoms with E-state index in [1.807, 2.05) is 13.0 Å². The summed E-state index contributed by atoms with van der Waals surface area (Å²) in [5.74, 6) is 5.94. The Bertz CT molecular complexity index is 622. The molecule has 20 heavy (non-hydrogen) atoms. The number of hydrogen-bond donors (Lipinski definition) is 1. The molecule has 3 nitrogen and oxygen atoms in total. The van der Waals surface area contributed by atoms with Crippen molar-refractivity contribution in [1.29, 1.82) is 0 Å². The van der Waals surface area contributed by atoms with Gasteiger partial charge >= 0.3 is 0 Å². The minimum absolute atomic E-state index is 0.407. The lowest BCUT2D eigenvalue weighted by Crippen LogP contribution is -2.17. The van der Waals surface area contributed by atoms with Gasteiger partial charge in [0.05, 0.1) is 12.2 Å². The van der Waals surface area contributed by atoms with Crippen molar-refractivity contribution in [2.45, 2.75) is 20.0 Å². The Kier molecular flexibility index (Phi) is 5.31. The van der Waals surface area contributed by atoms with Crippen molar-refractivity contribution in [3.63, 3.8) is 0 Å². The van der Waals surface area contributed by atoms with Crippen LogP contribution in [0.4, 0.5) is 0 Å². The van der Waals surface area contributed by atoms with Gasteiger partial charge in [-0.1, -0.05) is 17.9 Å². The molecular formula is C16H19N3S. The third-order valence-corrected chi connectivity index (χ3v) is 3.71. The average molecular weight is 285 g/mol. The Balaban J connectivity index is 1.94. The fraction of sp³-hybridized carbons (Fsp3) is 0.312. The number of pyridine rings is 1. The molecular weight excluding hydrogens is 266 g/mol. The number of hydrogen-bond acceptors (Lipinski definition) is 4. The molecule has 0 amide bonds. The Labute approximate surface area is 124 Å². The van der Waals surface area contributed by atoms with Gasteiger partial charge in [-0.05, 0) is 32.2 Å². The number of aromatic nitrogens is 1. The summed E-state index contributed by atoms with van der Waals surface area (Å²) in [5, 5.41) is 2.08. The molecule has 0 fully saturated rings. The van der Waals surface area contributed by atoms with Crippen LogP contribution in [0.2, 0.25) is 0 Å².